The molecule has 2 heterocycles. The van der Waals surface area contributed by atoms with Crippen LogP contribution < -0.4 is 0 Å². The van der Waals surface area contributed by atoms with E-state index < -0.39 is 0 Å². The number of fused-ring (bicyclic) bond motifs is 1. The lowest BCUT2D eigenvalue weighted by molar-refractivity contribution is 0.997. The highest BCUT2D eigenvalue weighted by molar-refractivity contribution is 14.2. The number of hydrogen-bond donors (Lipinski definition) is 0. The summed E-state index contributed by atoms with van der Waals surface area (Å²) in [6.07, 6.45) is 6.14. The Kier molecular flexibility index (Phi) is 1.73. The zero-order chi connectivity index (χ0) is 6.97. The van der Waals surface area contributed by atoms with Crippen LogP contribution in [0.4, 0.5) is 0 Å². The molecule has 0 radical (unpaired) electrons. The maximum absolute atomic E-state index is 4.22. The summed E-state index contributed by atoms with van der Waals surface area (Å²) in [7, 11) is 0. The van der Waals surface area contributed by atoms with E-state index in [1.165, 1.54) is 0 Å². The second kappa shape index (κ2) is 2.58. The fraction of sp³-hybridized carbons (Fsp3) is 0. The highest BCUT2D eigenvalue weighted by Crippen LogP contribution is 2.23. The maximum Gasteiger partial charge on any atom is 0.142 e. The second-order valence-corrected chi connectivity index (χ2v) is 4.91. The van der Waals surface area contributed by atoms with Crippen molar-refractivity contribution in [3.63, 3.8) is 0 Å². The van der Waals surface area contributed by atoms with Crippen LogP contribution in [-0.4, -0.2) is 13.1 Å². The normalized spacial score (nSPS) is 21.5. The third kappa shape index (κ3) is 1.10. The first-order valence-corrected chi connectivity index (χ1v) is 5.74. The van der Waals surface area contributed by atoms with Crippen LogP contribution in [0.15, 0.2) is 27.8 Å². The van der Waals surface area contributed by atoms with Gasteiger partial charge in [-0.15, -0.1) is 0 Å². The Bertz CT molecular complexity index is 277. The summed E-state index contributed by atoms with van der Waals surface area (Å²) in [5, 5.41) is 0. The largest absolute Gasteiger partial charge is 0.278 e. The van der Waals surface area contributed by atoms with E-state index in [0.29, 0.717) is 0 Å². The fourth-order valence-corrected chi connectivity index (χ4v) is 2.64. The van der Waals surface area contributed by atoms with Crippen molar-refractivity contribution in [2.24, 2.45) is 4.99 Å². The minimum atomic E-state index is 0.0139. The smallest absolute Gasteiger partial charge is 0.142 e. The number of hydrogen-bond acceptors (Lipinski definition) is 2. The molecule has 0 amide bonds. The number of nitrogens with zero attached hydrogens (tertiary/aromatic N) is 2. The predicted octanol–water partition coefficient (Wildman–Crippen LogP) is 2.15. The molecule has 0 bridgehead atoms. The van der Waals surface area contributed by atoms with Gasteiger partial charge in [0, 0.05) is 31.7 Å². The highest BCUT2D eigenvalue weighted by atomic mass is 127. The Hall–Kier alpha value is 0.0300. The minimum absolute atomic E-state index is 0.0139. The van der Waals surface area contributed by atoms with E-state index in [2.05, 4.69) is 30.2 Å². The van der Waals surface area contributed by atoms with Crippen molar-refractivity contribution in [1.29, 1.82) is 0 Å². The first-order chi connectivity index (χ1) is 4.86. The molecule has 2 nitrogen and oxygen atoms in total. The predicted molar refractivity (Wildman–Crippen MR) is 55.5 cm³/mol. The molecular formula is C6H4BrIN2. The van der Waals surface area contributed by atoms with E-state index in [9.17, 15) is 0 Å². The van der Waals surface area contributed by atoms with E-state index >= 15 is 0 Å². The van der Waals surface area contributed by atoms with Crippen molar-refractivity contribution in [3.8, 4) is 0 Å². The van der Waals surface area contributed by atoms with Gasteiger partial charge in [-0.05, 0) is 12.2 Å². The summed E-state index contributed by atoms with van der Waals surface area (Å²) in [5.74, 6) is 1.07. The Balaban J connectivity index is 2.39. The fourth-order valence-electron chi connectivity index (χ4n) is 0.740. The maximum atomic E-state index is 4.22. The zero-order valence-corrected chi connectivity index (χ0v) is 8.70. The van der Waals surface area contributed by atoms with Crippen LogP contribution in [0.3, 0.4) is 0 Å². The van der Waals surface area contributed by atoms with Crippen LogP contribution in [-0.2, 0) is 0 Å². The van der Waals surface area contributed by atoms with Gasteiger partial charge in [-0.25, -0.2) is 4.99 Å². The van der Waals surface area contributed by atoms with Gasteiger partial charge >= 0.3 is 0 Å². The molecule has 0 saturated carbocycles. The molecule has 2 aliphatic rings. The molecule has 0 aliphatic carbocycles. The van der Waals surface area contributed by atoms with Gasteiger partial charge in [0.25, 0.3) is 0 Å². The van der Waals surface area contributed by atoms with Crippen molar-refractivity contribution in [3.05, 3.63) is 22.8 Å². The standard InChI is InChI=1S/C6H4BrIN2/c7-5-1-2-10-6(3-5)9-4-8-10/h1-4H. The topological polar surface area (TPSA) is 15.6 Å². The Morgan fingerprint density at radius 3 is 3.40 bits per heavy atom. The second-order valence-electron chi connectivity index (χ2n) is 1.84. The van der Waals surface area contributed by atoms with Gasteiger partial charge in [-0.2, -0.15) is 0 Å². The SMILES string of the molecule is BrC1=CC2=NC=IN2C=C1. The summed E-state index contributed by atoms with van der Waals surface area (Å²) in [4.78, 5) is 4.22. The summed E-state index contributed by atoms with van der Waals surface area (Å²) < 4.78 is 5.31. The minimum Gasteiger partial charge on any atom is -0.278 e. The lowest BCUT2D eigenvalue weighted by atomic mass is 10.4. The van der Waals surface area contributed by atoms with Crippen molar-refractivity contribution >= 4 is 46.9 Å². The molecule has 0 aromatic carbocycles. The van der Waals surface area contributed by atoms with Gasteiger partial charge in [-0.3, -0.25) is 3.11 Å². The summed E-state index contributed by atoms with van der Waals surface area (Å²) in [6.45, 7) is 0. The zero-order valence-electron chi connectivity index (χ0n) is 4.96. The molecule has 2 rings (SSSR count). The van der Waals surface area contributed by atoms with Gasteiger partial charge in [0.2, 0.25) is 0 Å². The molecule has 4 heteroatoms. The molecule has 0 aromatic rings. The van der Waals surface area contributed by atoms with Crippen LogP contribution >= 0.6 is 36.9 Å². The third-order valence-electron chi connectivity index (χ3n) is 1.18. The average molecular weight is 311 g/mol. The van der Waals surface area contributed by atoms with Crippen LogP contribution in [0, 0.1) is 0 Å². The van der Waals surface area contributed by atoms with E-state index in [-0.39, 0.29) is 21.0 Å². The molecule has 0 saturated heterocycles. The Morgan fingerprint density at radius 1 is 1.60 bits per heavy atom. The summed E-state index contributed by atoms with van der Waals surface area (Å²) >= 11 is 3.40. The first-order valence-electron chi connectivity index (χ1n) is 2.74. The van der Waals surface area contributed by atoms with Crippen molar-refractivity contribution in [2.75, 3.05) is 0 Å². The molecule has 0 atom stereocenters. The average Bonchev–Trinajstić information content (AvgIpc) is 2.33. The Labute approximate surface area is 77.5 Å². The molecule has 0 N–H and O–H groups in total. The van der Waals surface area contributed by atoms with Crippen molar-refractivity contribution in [2.45, 2.75) is 0 Å². The molecule has 52 valence electrons. The van der Waals surface area contributed by atoms with Crippen molar-refractivity contribution in [1.82, 2.24) is 3.11 Å². The van der Waals surface area contributed by atoms with Gasteiger partial charge < -0.3 is 0 Å². The van der Waals surface area contributed by atoms with Crippen LogP contribution in [0.1, 0.15) is 0 Å². The van der Waals surface area contributed by atoms with E-state index in [1.807, 2.05) is 16.3 Å². The number of rotatable bonds is 0. The van der Waals surface area contributed by atoms with Crippen LogP contribution in [0.2, 0.25) is 0 Å². The number of allylic oxidation sites excluding steroid dienone is 2. The highest BCUT2D eigenvalue weighted by Gasteiger charge is 2.11. The van der Waals surface area contributed by atoms with Crippen LogP contribution in [0.25, 0.3) is 0 Å². The van der Waals surface area contributed by atoms with Crippen molar-refractivity contribution < 1.29 is 0 Å². The number of halogens is 2. The quantitative estimate of drug-likeness (QED) is 0.494. The monoisotopic (exact) mass is 310 g/mol. The summed E-state index contributed by atoms with van der Waals surface area (Å²) in [6, 6.07) is 0. The molecule has 0 unspecified atom stereocenters. The number of aliphatic imine (C=N–C) groups is 1. The lowest BCUT2D eigenvalue weighted by Gasteiger charge is -2.12. The van der Waals surface area contributed by atoms with Gasteiger partial charge in [-0.1, -0.05) is 15.9 Å². The molecule has 0 fully saturated rings. The van der Waals surface area contributed by atoms with E-state index in [0.717, 1.165) is 10.3 Å². The van der Waals surface area contributed by atoms with Gasteiger partial charge in [0.1, 0.15) is 5.84 Å². The Morgan fingerprint density at radius 2 is 2.50 bits per heavy atom. The molecule has 10 heavy (non-hydrogen) atoms. The first kappa shape index (κ1) is 6.72. The van der Waals surface area contributed by atoms with E-state index in [1.54, 1.807) is 0 Å². The molecule has 2 aliphatic heterocycles. The third-order valence-corrected chi connectivity index (χ3v) is 3.62. The van der Waals surface area contributed by atoms with Gasteiger partial charge in [0.15, 0.2) is 0 Å². The van der Waals surface area contributed by atoms with Gasteiger partial charge in [0.05, 0.1) is 4.14 Å². The molecular weight excluding hydrogens is 307 g/mol. The van der Waals surface area contributed by atoms with Crippen LogP contribution in [0.5, 0.6) is 0 Å². The molecule has 0 spiro atoms. The van der Waals surface area contributed by atoms with E-state index in [4.69, 9.17) is 0 Å². The molecule has 0 aromatic heterocycles. The lowest BCUT2D eigenvalue weighted by Crippen LogP contribution is -2.12. The summed E-state index contributed by atoms with van der Waals surface area (Å²) in [5.41, 5.74) is 0. The number of amidine groups is 1.